The predicted octanol–water partition coefficient (Wildman–Crippen LogP) is 2.37. The van der Waals surface area contributed by atoms with E-state index in [0.29, 0.717) is 0 Å². The van der Waals surface area contributed by atoms with Gasteiger partial charge in [0.25, 0.3) is 5.91 Å². The minimum Gasteiger partial charge on any atom is -0.320 e. The molecule has 0 bridgehead atoms. The highest BCUT2D eigenvalue weighted by molar-refractivity contribution is 6.34. The van der Waals surface area contributed by atoms with Crippen molar-refractivity contribution in [1.82, 2.24) is 9.78 Å². The van der Waals surface area contributed by atoms with Crippen molar-refractivity contribution in [3.8, 4) is 0 Å². The third-order valence-electron chi connectivity index (χ3n) is 2.51. The van der Waals surface area contributed by atoms with Crippen LogP contribution < -0.4 is 5.32 Å². The van der Waals surface area contributed by atoms with Gasteiger partial charge in [-0.15, -0.1) is 0 Å². The second-order valence-corrected chi connectivity index (χ2v) is 4.25. The van der Waals surface area contributed by atoms with E-state index in [-0.39, 0.29) is 16.4 Å². The highest BCUT2D eigenvalue weighted by atomic mass is 35.5. The summed E-state index contributed by atoms with van der Waals surface area (Å²) in [5.41, 5.74) is -0.544. The molecule has 0 saturated carbocycles. The molecule has 7 nitrogen and oxygen atoms in total. The van der Waals surface area contributed by atoms with Gasteiger partial charge in [-0.3, -0.25) is 19.6 Å². The molecular formula is C11H8ClFN4O3. The number of carbonyl (C=O) groups is 1. The van der Waals surface area contributed by atoms with Crippen molar-refractivity contribution in [3.05, 3.63) is 51.0 Å². The summed E-state index contributed by atoms with van der Waals surface area (Å²) in [7, 11) is 1.52. The molecule has 104 valence electrons. The zero-order valence-electron chi connectivity index (χ0n) is 10.1. The fraction of sp³-hybridized carbons (Fsp3) is 0.0909. The lowest BCUT2D eigenvalue weighted by molar-refractivity contribution is -0.387. The number of anilines is 1. The van der Waals surface area contributed by atoms with Gasteiger partial charge in [0, 0.05) is 18.8 Å². The Labute approximate surface area is 117 Å². The summed E-state index contributed by atoms with van der Waals surface area (Å²) in [4.78, 5) is 21.7. The molecule has 2 rings (SSSR count). The van der Waals surface area contributed by atoms with Crippen LogP contribution in [-0.2, 0) is 7.05 Å². The Morgan fingerprint density at radius 1 is 1.55 bits per heavy atom. The molecule has 1 aromatic carbocycles. The summed E-state index contributed by atoms with van der Waals surface area (Å²) in [6.45, 7) is 0. The lowest BCUT2D eigenvalue weighted by Gasteiger charge is -2.06. The zero-order valence-corrected chi connectivity index (χ0v) is 10.9. The molecular weight excluding hydrogens is 291 g/mol. The first-order chi connectivity index (χ1) is 9.40. The monoisotopic (exact) mass is 298 g/mol. The Kier molecular flexibility index (Phi) is 3.66. The van der Waals surface area contributed by atoms with Crippen LogP contribution >= 0.6 is 11.6 Å². The molecule has 2 aromatic rings. The van der Waals surface area contributed by atoms with E-state index in [9.17, 15) is 19.3 Å². The molecule has 9 heteroatoms. The normalized spacial score (nSPS) is 10.3. The standard InChI is InChI=1S/C11H8ClFN4O3/c1-16-10(7(12)5-14-16)11(18)15-6-2-3-8(13)9(4-6)17(19)20/h2-5H,1H3,(H,15,18). The van der Waals surface area contributed by atoms with E-state index in [1.54, 1.807) is 0 Å². The predicted molar refractivity (Wildman–Crippen MR) is 69.2 cm³/mol. The molecule has 0 spiro atoms. The first kappa shape index (κ1) is 13.9. The first-order valence-corrected chi connectivity index (χ1v) is 5.70. The first-order valence-electron chi connectivity index (χ1n) is 5.33. The van der Waals surface area contributed by atoms with Crippen molar-refractivity contribution >= 4 is 28.9 Å². The summed E-state index contributed by atoms with van der Waals surface area (Å²) in [6.07, 6.45) is 1.30. The summed E-state index contributed by atoms with van der Waals surface area (Å²) < 4.78 is 14.4. The second kappa shape index (κ2) is 5.25. The Morgan fingerprint density at radius 3 is 2.80 bits per heavy atom. The van der Waals surface area contributed by atoms with E-state index >= 15 is 0 Å². The van der Waals surface area contributed by atoms with Gasteiger partial charge >= 0.3 is 5.69 Å². The lowest BCUT2D eigenvalue weighted by atomic mass is 10.2. The quantitative estimate of drug-likeness (QED) is 0.695. The SMILES string of the molecule is Cn1ncc(Cl)c1C(=O)Nc1ccc(F)c([N+](=O)[O-])c1. The van der Waals surface area contributed by atoms with Gasteiger partial charge in [-0.2, -0.15) is 9.49 Å². The van der Waals surface area contributed by atoms with Crippen LogP contribution in [0, 0.1) is 15.9 Å². The van der Waals surface area contributed by atoms with Gasteiger partial charge in [-0.05, 0) is 12.1 Å². The molecule has 0 unspecified atom stereocenters. The Hall–Kier alpha value is -2.48. The molecule has 1 amide bonds. The number of nitro benzene ring substituents is 1. The Balaban J connectivity index is 2.29. The molecule has 0 atom stereocenters. The van der Waals surface area contributed by atoms with Crippen LogP contribution in [0.3, 0.4) is 0 Å². The van der Waals surface area contributed by atoms with E-state index in [0.717, 1.165) is 12.1 Å². The fourth-order valence-corrected chi connectivity index (χ4v) is 1.84. The molecule has 20 heavy (non-hydrogen) atoms. The number of amides is 1. The largest absolute Gasteiger partial charge is 0.320 e. The number of rotatable bonds is 3. The number of carbonyl (C=O) groups excluding carboxylic acids is 1. The molecule has 1 heterocycles. The van der Waals surface area contributed by atoms with Crippen molar-refractivity contribution < 1.29 is 14.1 Å². The zero-order chi connectivity index (χ0) is 14.9. The topological polar surface area (TPSA) is 90.1 Å². The van der Waals surface area contributed by atoms with E-state index in [1.807, 2.05) is 0 Å². The summed E-state index contributed by atoms with van der Waals surface area (Å²) in [6, 6.07) is 3.04. The van der Waals surface area contributed by atoms with Gasteiger partial charge < -0.3 is 5.32 Å². The van der Waals surface area contributed by atoms with Gasteiger partial charge in [0.1, 0.15) is 5.69 Å². The van der Waals surface area contributed by atoms with E-state index in [1.165, 1.54) is 24.0 Å². The van der Waals surface area contributed by atoms with Crippen LogP contribution in [0.15, 0.2) is 24.4 Å². The average molecular weight is 299 g/mol. The molecule has 0 fully saturated rings. The molecule has 1 aromatic heterocycles. The van der Waals surface area contributed by atoms with Crippen molar-refractivity contribution in [3.63, 3.8) is 0 Å². The third kappa shape index (κ3) is 2.59. The minimum atomic E-state index is -0.980. The second-order valence-electron chi connectivity index (χ2n) is 3.84. The van der Waals surface area contributed by atoms with E-state index < -0.39 is 22.3 Å². The van der Waals surface area contributed by atoms with Crippen LogP contribution in [0.25, 0.3) is 0 Å². The number of nitro groups is 1. The van der Waals surface area contributed by atoms with Crippen LogP contribution in [-0.4, -0.2) is 20.6 Å². The van der Waals surface area contributed by atoms with Gasteiger partial charge in [0.15, 0.2) is 0 Å². The van der Waals surface area contributed by atoms with Crippen LogP contribution in [0.4, 0.5) is 15.8 Å². The highest BCUT2D eigenvalue weighted by Gasteiger charge is 2.18. The maximum atomic E-state index is 13.2. The van der Waals surface area contributed by atoms with Gasteiger partial charge in [-0.1, -0.05) is 11.6 Å². The number of hydrogen-bond donors (Lipinski definition) is 1. The van der Waals surface area contributed by atoms with Crippen molar-refractivity contribution in [2.75, 3.05) is 5.32 Å². The number of nitrogens with zero attached hydrogens (tertiary/aromatic N) is 3. The van der Waals surface area contributed by atoms with Gasteiger partial charge in [0.2, 0.25) is 5.82 Å². The Bertz CT molecular complexity index is 681. The smallest absolute Gasteiger partial charge is 0.306 e. The highest BCUT2D eigenvalue weighted by Crippen LogP contribution is 2.23. The van der Waals surface area contributed by atoms with Crippen LogP contribution in [0.1, 0.15) is 10.5 Å². The number of halogens is 2. The minimum absolute atomic E-state index is 0.0837. The molecule has 1 N–H and O–H groups in total. The van der Waals surface area contributed by atoms with Gasteiger partial charge in [0.05, 0.1) is 16.1 Å². The van der Waals surface area contributed by atoms with Crippen LogP contribution in [0.5, 0.6) is 0 Å². The number of nitrogens with one attached hydrogen (secondary N) is 1. The van der Waals surface area contributed by atoms with Crippen molar-refractivity contribution in [2.45, 2.75) is 0 Å². The molecule has 0 aliphatic rings. The molecule has 0 saturated heterocycles. The summed E-state index contributed by atoms with van der Waals surface area (Å²) >= 11 is 5.80. The molecule has 0 aliphatic heterocycles. The maximum absolute atomic E-state index is 13.2. The number of benzene rings is 1. The number of aryl methyl sites for hydroxylation is 1. The summed E-state index contributed by atoms with van der Waals surface area (Å²) in [5, 5.41) is 16.9. The average Bonchev–Trinajstić information content (AvgIpc) is 2.71. The van der Waals surface area contributed by atoms with Gasteiger partial charge in [-0.25, -0.2) is 0 Å². The van der Waals surface area contributed by atoms with E-state index in [4.69, 9.17) is 11.6 Å². The molecule has 0 radical (unpaired) electrons. The maximum Gasteiger partial charge on any atom is 0.306 e. The van der Waals surface area contributed by atoms with E-state index in [2.05, 4.69) is 10.4 Å². The lowest BCUT2D eigenvalue weighted by Crippen LogP contribution is -2.16. The number of hydrogen-bond acceptors (Lipinski definition) is 4. The summed E-state index contributed by atoms with van der Waals surface area (Å²) in [5.74, 6) is -1.58. The van der Waals surface area contributed by atoms with Crippen molar-refractivity contribution in [2.24, 2.45) is 7.05 Å². The molecule has 0 aliphatic carbocycles. The third-order valence-corrected chi connectivity index (χ3v) is 2.79. The van der Waals surface area contributed by atoms with Crippen molar-refractivity contribution in [1.29, 1.82) is 0 Å². The fourth-order valence-electron chi connectivity index (χ4n) is 1.59. The van der Waals surface area contributed by atoms with Crippen LogP contribution in [0.2, 0.25) is 5.02 Å². The Morgan fingerprint density at radius 2 is 2.25 bits per heavy atom. The number of aromatic nitrogens is 2.